The fourth-order valence-electron chi connectivity index (χ4n) is 2.69. The molecule has 5 nitrogen and oxygen atoms in total. The molecule has 0 saturated heterocycles. The van der Waals surface area contributed by atoms with Crippen molar-refractivity contribution in [3.05, 3.63) is 86.3 Å². The first-order valence-corrected chi connectivity index (χ1v) is 10.6. The van der Waals surface area contributed by atoms with E-state index in [1.54, 1.807) is 36.4 Å². The molecular formula is C19H12Br2NaO5S. The quantitative estimate of drug-likeness (QED) is 0.454. The second-order valence-corrected chi connectivity index (χ2v) is 8.76. The molecule has 2 N–H and O–H groups in total. The van der Waals surface area contributed by atoms with Gasteiger partial charge in [-0.3, -0.25) is 9.35 Å². The largest absolute Gasteiger partial charge is 0.507 e. The van der Waals surface area contributed by atoms with Crippen LogP contribution in [0.1, 0.15) is 11.1 Å². The van der Waals surface area contributed by atoms with Gasteiger partial charge in [-0.1, -0.05) is 30.3 Å². The molecule has 3 rings (SSSR count). The number of carbonyl (C=O) groups excluding carboxylic acids is 1. The molecule has 0 heterocycles. The van der Waals surface area contributed by atoms with Crippen molar-refractivity contribution >= 4 is 82.9 Å². The molecule has 0 saturated carbocycles. The molecule has 28 heavy (non-hydrogen) atoms. The first-order valence-electron chi connectivity index (χ1n) is 7.58. The van der Waals surface area contributed by atoms with Gasteiger partial charge in [0, 0.05) is 35.1 Å². The van der Waals surface area contributed by atoms with Crippen molar-refractivity contribution in [3.8, 4) is 5.75 Å². The molecule has 0 amide bonds. The molecule has 0 unspecified atom stereocenters. The van der Waals surface area contributed by atoms with Crippen LogP contribution in [0.15, 0.2) is 80.1 Å². The van der Waals surface area contributed by atoms with Crippen LogP contribution < -0.4 is 0 Å². The molecule has 0 aromatic heterocycles. The number of halogens is 2. The van der Waals surface area contributed by atoms with Gasteiger partial charge in [0.05, 0.1) is 8.96 Å². The number of benzene rings is 2. The van der Waals surface area contributed by atoms with Crippen LogP contribution in [0.5, 0.6) is 5.75 Å². The van der Waals surface area contributed by atoms with Crippen LogP contribution in [0.25, 0.3) is 5.57 Å². The Balaban J connectivity index is 0.00000280. The van der Waals surface area contributed by atoms with Gasteiger partial charge in [0.1, 0.15) is 10.6 Å². The fourth-order valence-corrected chi connectivity index (χ4v) is 4.15. The van der Waals surface area contributed by atoms with Crippen LogP contribution in [0, 0.1) is 0 Å². The maximum absolute atomic E-state index is 11.9. The third-order valence-corrected chi connectivity index (χ3v) is 6.06. The average molecular weight is 535 g/mol. The van der Waals surface area contributed by atoms with E-state index in [1.165, 1.54) is 24.3 Å². The topological polar surface area (TPSA) is 91.7 Å². The summed E-state index contributed by atoms with van der Waals surface area (Å²) in [4.78, 5) is 11.5. The van der Waals surface area contributed by atoms with Crippen molar-refractivity contribution < 1.29 is 22.9 Å². The van der Waals surface area contributed by atoms with Crippen molar-refractivity contribution in [1.82, 2.24) is 0 Å². The minimum absolute atomic E-state index is 0. The monoisotopic (exact) mass is 533 g/mol. The standard InChI is InChI=1S/C19H12Br2O5S.Na/c20-14-9-11(5-7-16(14)22)19(12-6-8-17(23)15(21)10-12)13-3-1-2-4-18(13)27(24,25)26;/h1-10,22H,(H,24,25,26);/b19-12-;. The van der Waals surface area contributed by atoms with Crippen LogP contribution in [0.2, 0.25) is 0 Å². The SMILES string of the molecule is O=C1C=C/C(=C(\c2ccc(O)c(Br)c2)c2ccccc2S(=O)(=O)O)C=C1Br.[Na]. The van der Waals surface area contributed by atoms with Gasteiger partial charge in [0.15, 0.2) is 5.78 Å². The maximum Gasteiger partial charge on any atom is 0.295 e. The summed E-state index contributed by atoms with van der Waals surface area (Å²) in [5.74, 6) is -0.190. The number of hydrogen-bond acceptors (Lipinski definition) is 4. The summed E-state index contributed by atoms with van der Waals surface area (Å²) in [6.45, 7) is 0. The van der Waals surface area contributed by atoms with Crippen LogP contribution in [-0.2, 0) is 14.9 Å². The first-order chi connectivity index (χ1) is 12.7. The Labute approximate surface area is 201 Å². The van der Waals surface area contributed by atoms with Crippen LogP contribution in [-0.4, -0.2) is 53.4 Å². The van der Waals surface area contributed by atoms with E-state index >= 15 is 0 Å². The number of ketones is 1. The number of carbonyl (C=O) groups is 1. The third kappa shape index (κ3) is 4.94. The summed E-state index contributed by atoms with van der Waals surface area (Å²) >= 11 is 6.45. The summed E-state index contributed by atoms with van der Waals surface area (Å²) in [5.41, 5.74) is 1.89. The molecule has 0 aliphatic heterocycles. The summed E-state index contributed by atoms with van der Waals surface area (Å²) in [5, 5.41) is 9.79. The van der Waals surface area contributed by atoms with Crippen LogP contribution >= 0.6 is 31.9 Å². The number of hydrogen-bond donors (Lipinski definition) is 2. The van der Waals surface area contributed by atoms with Crippen molar-refractivity contribution in [2.75, 3.05) is 0 Å². The second-order valence-electron chi connectivity index (χ2n) is 5.66. The van der Waals surface area contributed by atoms with Crippen molar-refractivity contribution in [2.24, 2.45) is 0 Å². The summed E-state index contributed by atoms with van der Waals surface area (Å²) in [6.07, 6.45) is 4.52. The van der Waals surface area contributed by atoms with Gasteiger partial charge in [0.25, 0.3) is 10.1 Å². The number of phenolic OH excluding ortho intramolecular Hbond substituents is 1. The Morgan fingerprint density at radius 2 is 1.68 bits per heavy atom. The smallest absolute Gasteiger partial charge is 0.295 e. The van der Waals surface area contributed by atoms with Gasteiger partial charge in [0.2, 0.25) is 0 Å². The Morgan fingerprint density at radius 3 is 2.29 bits per heavy atom. The van der Waals surface area contributed by atoms with E-state index < -0.39 is 10.1 Å². The minimum Gasteiger partial charge on any atom is -0.507 e. The molecule has 0 fully saturated rings. The molecule has 0 atom stereocenters. The first kappa shape index (κ1) is 23.3. The molecule has 2 aromatic carbocycles. The molecule has 2 aromatic rings. The summed E-state index contributed by atoms with van der Waals surface area (Å²) in [6, 6.07) is 10.7. The maximum atomic E-state index is 11.9. The number of rotatable bonds is 3. The van der Waals surface area contributed by atoms with Gasteiger partial charge in [-0.15, -0.1) is 0 Å². The third-order valence-electron chi connectivity index (χ3n) is 3.89. The Hall–Kier alpha value is -1.000. The van der Waals surface area contributed by atoms with E-state index in [1.807, 2.05) is 0 Å². The van der Waals surface area contributed by atoms with Crippen LogP contribution in [0.3, 0.4) is 0 Å². The Morgan fingerprint density at radius 1 is 1.00 bits per heavy atom. The van der Waals surface area contributed by atoms with Gasteiger partial charge in [-0.05, 0) is 78.9 Å². The van der Waals surface area contributed by atoms with Gasteiger partial charge >= 0.3 is 0 Å². The molecule has 0 spiro atoms. The van der Waals surface area contributed by atoms with E-state index in [-0.39, 0.29) is 51.5 Å². The summed E-state index contributed by atoms with van der Waals surface area (Å²) < 4.78 is 34.2. The molecule has 1 radical (unpaired) electrons. The average Bonchev–Trinajstić information content (AvgIpc) is 2.61. The predicted molar refractivity (Wildman–Crippen MR) is 115 cm³/mol. The van der Waals surface area contributed by atoms with E-state index in [2.05, 4.69) is 31.9 Å². The zero-order valence-electron chi connectivity index (χ0n) is 14.6. The molecule has 0 bridgehead atoms. The molecule has 139 valence electrons. The van der Waals surface area contributed by atoms with E-state index in [0.29, 0.717) is 25.7 Å². The molecule has 9 heteroatoms. The van der Waals surface area contributed by atoms with Crippen molar-refractivity contribution in [1.29, 1.82) is 0 Å². The van der Waals surface area contributed by atoms with Gasteiger partial charge < -0.3 is 5.11 Å². The number of aromatic hydroxyl groups is 1. The predicted octanol–water partition coefficient (Wildman–Crippen LogP) is 4.24. The normalized spacial score (nSPS) is 15.7. The van der Waals surface area contributed by atoms with Gasteiger partial charge in [-0.2, -0.15) is 8.42 Å². The Kier molecular flexibility index (Phi) is 7.66. The van der Waals surface area contributed by atoms with E-state index in [9.17, 15) is 22.9 Å². The number of phenols is 1. The fraction of sp³-hybridized carbons (Fsp3) is 0. The van der Waals surface area contributed by atoms with Crippen molar-refractivity contribution in [3.63, 3.8) is 0 Å². The molecule has 1 aliphatic rings. The van der Waals surface area contributed by atoms with Gasteiger partial charge in [-0.25, -0.2) is 0 Å². The minimum atomic E-state index is -4.49. The van der Waals surface area contributed by atoms with E-state index in [0.717, 1.165) is 0 Å². The zero-order valence-corrected chi connectivity index (χ0v) is 20.5. The number of allylic oxidation sites excluding steroid dienone is 5. The van der Waals surface area contributed by atoms with Crippen molar-refractivity contribution in [2.45, 2.75) is 4.90 Å². The molecular weight excluding hydrogens is 523 g/mol. The summed E-state index contributed by atoms with van der Waals surface area (Å²) in [7, 11) is -4.49. The Bertz CT molecular complexity index is 1150. The second kappa shape index (κ2) is 9.21. The van der Waals surface area contributed by atoms with Crippen LogP contribution in [0.4, 0.5) is 0 Å². The molecule has 1 aliphatic carbocycles. The zero-order chi connectivity index (χ0) is 19.8. The van der Waals surface area contributed by atoms with E-state index in [4.69, 9.17) is 0 Å².